The molecule has 0 amide bonds. The molecule has 94 valence electrons. The zero-order chi connectivity index (χ0) is 13.0. The normalized spacial score (nSPS) is 10.6. The number of pyridine rings is 1. The zero-order valence-corrected chi connectivity index (χ0v) is 11.0. The molecule has 0 spiro atoms. The number of halogens is 1. The highest BCUT2D eigenvalue weighted by atomic mass is 35.5. The number of hydrogen-bond donors (Lipinski definition) is 1. The van der Waals surface area contributed by atoms with E-state index in [2.05, 4.69) is 18.8 Å². The van der Waals surface area contributed by atoms with Crippen molar-refractivity contribution in [3.63, 3.8) is 0 Å². The largest absolute Gasteiger partial charge is 0.478 e. The number of aromatic nitrogens is 1. The number of hydrogen-bond acceptors (Lipinski definition) is 3. The fraction of sp³-hybridized carbons (Fsp3) is 0.500. The Morgan fingerprint density at radius 3 is 2.76 bits per heavy atom. The molecule has 1 heterocycles. The van der Waals surface area contributed by atoms with Gasteiger partial charge in [-0.1, -0.05) is 25.4 Å². The predicted octanol–water partition coefficient (Wildman–Crippen LogP) is 2.92. The molecule has 0 aliphatic carbocycles. The minimum atomic E-state index is -1.03. The summed E-state index contributed by atoms with van der Waals surface area (Å²) in [5, 5.41) is 9.16. The van der Waals surface area contributed by atoms with Crippen LogP contribution in [0.2, 0.25) is 5.02 Å². The summed E-state index contributed by atoms with van der Waals surface area (Å²) >= 11 is 6.03. The Labute approximate surface area is 106 Å². The first-order valence-corrected chi connectivity index (χ1v) is 5.90. The van der Waals surface area contributed by atoms with E-state index in [0.717, 1.165) is 13.0 Å². The van der Waals surface area contributed by atoms with Gasteiger partial charge in [0, 0.05) is 19.8 Å². The average molecular weight is 257 g/mol. The maximum absolute atomic E-state index is 10.9. The van der Waals surface area contributed by atoms with Crippen molar-refractivity contribution < 1.29 is 9.90 Å². The van der Waals surface area contributed by atoms with Crippen molar-refractivity contribution in [1.29, 1.82) is 0 Å². The Morgan fingerprint density at radius 2 is 2.24 bits per heavy atom. The lowest BCUT2D eigenvalue weighted by Gasteiger charge is -2.20. The first-order chi connectivity index (χ1) is 7.93. The second kappa shape index (κ2) is 5.87. The van der Waals surface area contributed by atoms with Crippen molar-refractivity contribution in [2.45, 2.75) is 20.3 Å². The lowest BCUT2D eigenvalue weighted by Crippen LogP contribution is -2.22. The highest BCUT2D eigenvalue weighted by Gasteiger charge is 2.15. The molecule has 5 heteroatoms. The summed E-state index contributed by atoms with van der Waals surface area (Å²) in [5.41, 5.74) is 0.0908. The molecule has 4 nitrogen and oxygen atoms in total. The van der Waals surface area contributed by atoms with Gasteiger partial charge in [-0.2, -0.15) is 0 Å². The number of rotatable bonds is 5. The molecule has 0 bridgehead atoms. The molecule has 17 heavy (non-hydrogen) atoms. The van der Waals surface area contributed by atoms with E-state index < -0.39 is 5.97 Å². The van der Waals surface area contributed by atoms with E-state index in [9.17, 15) is 4.79 Å². The molecule has 0 aromatic carbocycles. The molecule has 0 radical (unpaired) electrons. The van der Waals surface area contributed by atoms with Crippen molar-refractivity contribution in [2.24, 2.45) is 5.92 Å². The monoisotopic (exact) mass is 256 g/mol. The molecule has 0 aliphatic heterocycles. The summed E-state index contributed by atoms with van der Waals surface area (Å²) < 4.78 is 0. The van der Waals surface area contributed by atoms with E-state index in [1.807, 2.05) is 11.9 Å². The second-order valence-corrected chi connectivity index (χ2v) is 4.78. The number of carboxylic acids is 1. The molecule has 1 rings (SSSR count). The zero-order valence-electron chi connectivity index (χ0n) is 10.3. The molecule has 1 aromatic rings. The van der Waals surface area contributed by atoms with E-state index in [4.69, 9.17) is 16.7 Å². The van der Waals surface area contributed by atoms with Crippen LogP contribution in [-0.2, 0) is 0 Å². The van der Waals surface area contributed by atoms with Crippen LogP contribution in [0.4, 0.5) is 5.82 Å². The Hall–Kier alpha value is -1.29. The second-order valence-electron chi connectivity index (χ2n) is 4.41. The molecule has 0 unspecified atom stereocenters. The van der Waals surface area contributed by atoms with Crippen LogP contribution in [0, 0.1) is 5.92 Å². The standard InChI is InChI=1S/C12H17ClN2O2/c1-8(2)5-7-15(3)11-10(13)9(12(16)17)4-6-14-11/h4,6,8H,5,7H2,1-3H3,(H,16,17). The topological polar surface area (TPSA) is 53.4 Å². The summed E-state index contributed by atoms with van der Waals surface area (Å²) in [5.74, 6) is 0.0713. The Morgan fingerprint density at radius 1 is 1.59 bits per heavy atom. The third-order valence-corrected chi connectivity index (χ3v) is 2.88. The minimum Gasteiger partial charge on any atom is -0.478 e. The average Bonchev–Trinajstić information content (AvgIpc) is 2.25. The van der Waals surface area contributed by atoms with Gasteiger partial charge in [0.15, 0.2) is 0 Å². The van der Waals surface area contributed by atoms with Crippen molar-refractivity contribution >= 4 is 23.4 Å². The van der Waals surface area contributed by atoms with Crippen molar-refractivity contribution in [3.8, 4) is 0 Å². The van der Waals surface area contributed by atoms with Crippen LogP contribution in [-0.4, -0.2) is 29.7 Å². The minimum absolute atomic E-state index is 0.0908. The van der Waals surface area contributed by atoms with Gasteiger partial charge in [0.05, 0.1) is 10.6 Å². The summed E-state index contributed by atoms with van der Waals surface area (Å²) in [6.07, 6.45) is 2.47. The fourth-order valence-electron chi connectivity index (χ4n) is 1.42. The van der Waals surface area contributed by atoms with Gasteiger partial charge in [-0.3, -0.25) is 0 Å². The predicted molar refractivity (Wildman–Crippen MR) is 68.9 cm³/mol. The first-order valence-electron chi connectivity index (χ1n) is 5.52. The van der Waals surface area contributed by atoms with Crippen LogP contribution in [0.15, 0.2) is 12.3 Å². The van der Waals surface area contributed by atoms with E-state index >= 15 is 0 Å². The van der Waals surface area contributed by atoms with Gasteiger partial charge < -0.3 is 10.0 Å². The SMILES string of the molecule is CC(C)CCN(C)c1nccc(C(=O)O)c1Cl. The van der Waals surface area contributed by atoms with E-state index in [0.29, 0.717) is 11.7 Å². The summed E-state index contributed by atoms with van der Waals surface area (Å²) in [6, 6.07) is 1.41. The van der Waals surface area contributed by atoms with E-state index in [1.165, 1.54) is 12.3 Å². The van der Waals surface area contributed by atoms with Crippen molar-refractivity contribution in [2.75, 3.05) is 18.5 Å². The molecular weight excluding hydrogens is 240 g/mol. The number of aromatic carboxylic acids is 1. The van der Waals surface area contributed by atoms with Gasteiger partial charge >= 0.3 is 5.97 Å². The van der Waals surface area contributed by atoms with Crippen LogP contribution in [0.1, 0.15) is 30.6 Å². The third kappa shape index (κ3) is 3.60. The summed E-state index contributed by atoms with van der Waals surface area (Å²) in [7, 11) is 1.86. The lowest BCUT2D eigenvalue weighted by atomic mass is 10.1. The smallest absolute Gasteiger partial charge is 0.337 e. The van der Waals surface area contributed by atoms with Crippen LogP contribution < -0.4 is 4.90 Å². The van der Waals surface area contributed by atoms with Crippen LogP contribution in [0.25, 0.3) is 0 Å². The van der Waals surface area contributed by atoms with Gasteiger partial charge in [-0.15, -0.1) is 0 Å². The lowest BCUT2D eigenvalue weighted by molar-refractivity contribution is 0.0697. The molecule has 0 aliphatic rings. The Kier molecular flexibility index (Phi) is 4.75. The van der Waals surface area contributed by atoms with Gasteiger partial charge in [-0.05, 0) is 18.4 Å². The van der Waals surface area contributed by atoms with Gasteiger partial charge in [0.25, 0.3) is 0 Å². The number of carbonyl (C=O) groups is 1. The number of carboxylic acid groups (broad SMARTS) is 1. The van der Waals surface area contributed by atoms with Gasteiger partial charge in [-0.25, -0.2) is 9.78 Å². The maximum Gasteiger partial charge on any atom is 0.337 e. The Balaban J connectivity index is 2.90. The molecule has 0 saturated carbocycles. The molecule has 0 atom stereocenters. The van der Waals surface area contributed by atoms with Crippen molar-refractivity contribution in [3.05, 3.63) is 22.8 Å². The molecular formula is C12H17ClN2O2. The number of anilines is 1. The van der Waals surface area contributed by atoms with Gasteiger partial charge in [0.2, 0.25) is 0 Å². The summed E-state index contributed by atoms with van der Waals surface area (Å²) in [6.45, 7) is 5.07. The van der Waals surface area contributed by atoms with E-state index in [-0.39, 0.29) is 10.6 Å². The molecule has 0 fully saturated rings. The van der Waals surface area contributed by atoms with Crippen LogP contribution >= 0.6 is 11.6 Å². The first kappa shape index (κ1) is 13.8. The third-order valence-electron chi connectivity index (χ3n) is 2.50. The van der Waals surface area contributed by atoms with Crippen LogP contribution in [0.3, 0.4) is 0 Å². The molecule has 0 saturated heterocycles. The van der Waals surface area contributed by atoms with Crippen molar-refractivity contribution in [1.82, 2.24) is 4.98 Å². The quantitative estimate of drug-likeness (QED) is 0.880. The highest BCUT2D eigenvalue weighted by Crippen LogP contribution is 2.26. The molecule has 1 aromatic heterocycles. The summed E-state index contributed by atoms with van der Waals surface area (Å²) in [4.78, 5) is 16.9. The molecule has 1 N–H and O–H groups in total. The maximum atomic E-state index is 10.9. The van der Waals surface area contributed by atoms with Gasteiger partial charge in [0.1, 0.15) is 5.82 Å². The fourth-order valence-corrected chi connectivity index (χ4v) is 1.76. The number of nitrogens with zero attached hydrogens (tertiary/aromatic N) is 2. The Bertz CT molecular complexity index is 407. The van der Waals surface area contributed by atoms with E-state index in [1.54, 1.807) is 0 Å². The van der Waals surface area contributed by atoms with Crippen LogP contribution in [0.5, 0.6) is 0 Å². The highest BCUT2D eigenvalue weighted by molar-refractivity contribution is 6.35.